The molecule has 3 N–H and O–H groups in total. The Morgan fingerprint density at radius 2 is 2.05 bits per heavy atom. The van der Waals surface area contributed by atoms with E-state index in [4.69, 9.17) is 5.84 Å². The van der Waals surface area contributed by atoms with Gasteiger partial charge in [0, 0.05) is 27.2 Å². The summed E-state index contributed by atoms with van der Waals surface area (Å²) >= 11 is 0. The molecule has 118 valence electrons. The highest BCUT2D eigenvalue weighted by Crippen LogP contribution is 2.24. The highest BCUT2D eigenvalue weighted by Gasteiger charge is 2.20. The molecule has 1 atom stereocenters. The second-order valence-electron chi connectivity index (χ2n) is 5.87. The van der Waals surface area contributed by atoms with E-state index in [2.05, 4.69) is 32.2 Å². The first kappa shape index (κ1) is 15.8. The average molecular weight is 293 g/mol. The predicted molar refractivity (Wildman–Crippen MR) is 86.4 cm³/mol. The second kappa shape index (κ2) is 7.40. The third-order valence-electron chi connectivity index (χ3n) is 3.97. The van der Waals surface area contributed by atoms with Gasteiger partial charge in [-0.1, -0.05) is 19.8 Å². The van der Waals surface area contributed by atoms with Crippen LogP contribution in [0.4, 0.5) is 17.8 Å². The van der Waals surface area contributed by atoms with Crippen LogP contribution in [-0.2, 0) is 0 Å². The lowest BCUT2D eigenvalue weighted by molar-refractivity contribution is 0.435. The summed E-state index contributed by atoms with van der Waals surface area (Å²) in [6.07, 6.45) is 6.30. The van der Waals surface area contributed by atoms with Crippen LogP contribution >= 0.6 is 0 Å². The van der Waals surface area contributed by atoms with Crippen molar-refractivity contribution in [1.82, 2.24) is 15.0 Å². The number of rotatable bonds is 5. The molecular weight excluding hydrogens is 266 g/mol. The SMILES string of the molecule is CCCC1CCCN(c2nc(NN)nc(N(C)C)n2)CC1. The molecule has 7 heteroatoms. The van der Waals surface area contributed by atoms with Crippen LogP contribution < -0.4 is 21.1 Å². The van der Waals surface area contributed by atoms with Gasteiger partial charge in [-0.2, -0.15) is 15.0 Å². The molecule has 1 aliphatic rings. The van der Waals surface area contributed by atoms with Crippen molar-refractivity contribution in [2.45, 2.75) is 39.0 Å². The smallest absolute Gasteiger partial charge is 0.243 e. The fraction of sp³-hybridized carbons (Fsp3) is 0.786. The van der Waals surface area contributed by atoms with Gasteiger partial charge >= 0.3 is 0 Å². The van der Waals surface area contributed by atoms with Crippen LogP contribution in [0, 0.1) is 5.92 Å². The molecule has 2 rings (SSSR count). The van der Waals surface area contributed by atoms with Gasteiger partial charge < -0.3 is 9.80 Å². The zero-order chi connectivity index (χ0) is 15.2. The zero-order valence-electron chi connectivity index (χ0n) is 13.3. The van der Waals surface area contributed by atoms with Crippen LogP contribution in [0.2, 0.25) is 0 Å². The Morgan fingerprint density at radius 1 is 1.24 bits per heavy atom. The number of hydrogen-bond acceptors (Lipinski definition) is 7. The number of nitrogens with zero attached hydrogens (tertiary/aromatic N) is 5. The minimum atomic E-state index is 0.415. The van der Waals surface area contributed by atoms with E-state index in [0.717, 1.165) is 25.0 Å². The van der Waals surface area contributed by atoms with Gasteiger partial charge in [0.1, 0.15) is 0 Å². The minimum absolute atomic E-state index is 0.415. The maximum Gasteiger partial charge on any atom is 0.243 e. The highest BCUT2D eigenvalue weighted by molar-refractivity contribution is 5.44. The molecule has 1 aliphatic heterocycles. The van der Waals surface area contributed by atoms with E-state index >= 15 is 0 Å². The number of nitrogen functional groups attached to an aromatic ring is 1. The molecule has 0 saturated carbocycles. The van der Waals surface area contributed by atoms with Gasteiger partial charge in [0.2, 0.25) is 17.8 Å². The molecule has 0 aromatic carbocycles. The summed E-state index contributed by atoms with van der Waals surface area (Å²) in [5, 5.41) is 0. The fourth-order valence-electron chi connectivity index (χ4n) is 2.82. The molecule has 0 amide bonds. The summed E-state index contributed by atoms with van der Waals surface area (Å²) in [6.45, 7) is 4.27. The van der Waals surface area contributed by atoms with Gasteiger partial charge in [-0.15, -0.1) is 0 Å². The van der Waals surface area contributed by atoms with Crippen molar-refractivity contribution >= 4 is 17.8 Å². The number of aromatic nitrogens is 3. The molecule has 7 nitrogen and oxygen atoms in total. The molecule has 1 aromatic rings. The fourth-order valence-corrected chi connectivity index (χ4v) is 2.82. The van der Waals surface area contributed by atoms with Gasteiger partial charge in [-0.25, -0.2) is 5.84 Å². The third-order valence-corrected chi connectivity index (χ3v) is 3.97. The lowest BCUT2D eigenvalue weighted by atomic mass is 9.96. The number of nitrogens with one attached hydrogen (secondary N) is 1. The average Bonchev–Trinajstić information content (AvgIpc) is 2.73. The summed E-state index contributed by atoms with van der Waals surface area (Å²) in [5.41, 5.74) is 2.53. The first-order chi connectivity index (χ1) is 10.1. The molecule has 0 aliphatic carbocycles. The Kier molecular flexibility index (Phi) is 5.55. The van der Waals surface area contributed by atoms with Crippen LogP contribution in [0.3, 0.4) is 0 Å². The molecule has 0 radical (unpaired) electrons. The van der Waals surface area contributed by atoms with Crippen LogP contribution in [0.25, 0.3) is 0 Å². The van der Waals surface area contributed by atoms with Crippen molar-refractivity contribution in [3.63, 3.8) is 0 Å². The Hall–Kier alpha value is -1.63. The number of hydrazine groups is 1. The topological polar surface area (TPSA) is 83.2 Å². The molecule has 1 aromatic heterocycles. The zero-order valence-corrected chi connectivity index (χ0v) is 13.3. The summed E-state index contributed by atoms with van der Waals surface area (Å²) < 4.78 is 0. The van der Waals surface area contributed by atoms with E-state index < -0.39 is 0 Å². The van der Waals surface area contributed by atoms with E-state index in [1.54, 1.807) is 0 Å². The third kappa shape index (κ3) is 4.17. The standard InChI is InChI=1S/C14H27N7/c1-4-6-11-7-5-9-21(10-8-11)14-17-12(19-15)16-13(18-14)20(2)3/h11H,4-10,15H2,1-3H3,(H,16,17,18,19). The molecule has 1 fully saturated rings. The first-order valence-electron chi connectivity index (χ1n) is 7.79. The van der Waals surface area contributed by atoms with Gasteiger partial charge in [0.15, 0.2) is 0 Å². The van der Waals surface area contributed by atoms with E-state index in [9.17, 15) is 0 Å². The molecule has 1 unspecified atom stereocenters. The molecule has 2 heterocycles. The molecule has 0 spiro atoms. The normalized spacial score (nSPS) is 19.2. The second-order valence-corrected chi connectivity index (χ2v) is 5.87. The largest absolute Gasteiger partial charge is 0.347 e. The van der Waals surface area contributed by atoms with Crippen molar-refractivity contribution in [3.05, 3.63) is 0 Å². The number of nitrogens with two attached hydrogens (primary N) is 1. The quantitative estimate of drug-likeness (QED) is 0.630. The summed E-state index contributed by atoms with van der Waals surface area (Å²) in [6, 6.07) is 0. The van der Waals surface area contributed by atoms with Gasteiger partial charge in [0.05, 0.1) is 0 Å². The van der Waals surface area contributed by atoms with Crippen LogP contribution in [0.5, 0.6) is 0 Å². The maximum absolute atomic E-state index is 5.47. The Balaban J connectivity index is 2.15. The van der Waals surface area contributed by atoms with Gasteiger partial charge in [0.25, 0.3) is 0 Å². The van der Waals surface area contributed by atoms with E-state index in [0.29, 0.717) is 11.9 Å². The molecule has 21 heavy (non-hydrogen) atoms. The maximum atomic E-state index is 5.47. The molecule has 1 saturated heterocycles. The lowest BCUT2D eigenvalue weighted by Gasteiger charge is -2.22. The van der Waals surface area contributed by atoms with Crippen LogP contribution in [0.15, 0.2) is 0 Å². The highest BCUT2D eigenvalue weighted by atomic mass is 15.4. The van der Waals surface area contributed by atoms with E-state index in [1.807, 2.05) is 19.0 Å². The Bertz CT molecular complexity index is 449. The first-order valence-corrected chi connectivity index (χ1v) is 7.79. The van der Waals surface area contributed by atoms with Gasteiger partial charge in [-0.05, 0) is 25.2 Å². The van der Waals surface area contributed by atoms with E-state index in [-0.39, 0.29) is 0 Å². The molecular formula is C14H27N7. The molecule has 0 bridgehead atoms. The number of anilines is 3. The van der Waals surface area contributed by atoms with Crippen molar-refractivity contribution in [2.24, 2.45) is 11.8 Å². The van der Waals surface area contributed by atoms with Crippen molar-refractivity contribution in [2.75, 3.05) is 42.4 Å². The van der Waals surface area contributed by atoms with Crippen molar-refractivity contribution < 1.29 is 0 Å². The minimum Gasteiger partial charge on any atom is -0.347 e. The summed E-state index contributed by atoms with van der Waals surface area (Å²) in [5.74, 6) is 8.07. The van der Waals surface area contributed by atoms with Crippen molar-refractivity contribution in [1.29, 1.82) is 0 Å². The Labute approximate surface area is 126 Å². The monoisotopic (exact) mass is 293 g/mol. The summed E-state index contributed by atoms with van der Waals surface area (Å²) in [7, 11) is 3.83. The van der Waals surface area contributed by atoms with Gasteiger partial charge in [-0.3, -0.25) is 5.43 Å². The van der Waals surface area contributed by atoms with Crippen LogP contribution in [0.1, 0.15) is 39.0 Å². The lowest BCUT2D eigenvalue weighted by Crippen LogP contribution is -2.28. The Morgan fingerprint density at radius 3 is 2.71 bits per heavy atom. The number of hydrogen-bond donors (Lipinski definition) is 2. The summed E-state index contributed by atoms with van der Waals surface area (Å²) in [4.78, 5) is 17.3. The van der Waals surface area contributed by atoms with Crippen molar-refractivity contribution in [3.8, 4) is 0 Å². The predicted octanol–water partition coefficient (Wildman–Crippen LogP) is 1.63. The van der Waals surface area contributed by atoms with Crippen LogP contribution in [-0.4, -0.2) is 42.1 Å². The van der Waals surface area contributed by atoms with E-state index in [1.165, 1.54) is 32.1 Å².